The maximum Gasteiger partial charge on any atom is 0.333 e. The van der Waals surface area contributed by atoms with E-state index >= 15 is 0 Å². The van der Waals surface area contributed by atoms with Gasteiger partial charge in [-0.3, -0.25) is 4.79 Å². The molecule has 29 heavy (non-hydrogen) atoms. The Labute approximate surface area is 170 Å². The molecule has 0 saturated carbocycles. The van der Waals surface area contributed by atoms with Crippen LogP contribution in [0, 0.1) is 0 Å². The molecular formula is C22H27NO6. The summed E-state index contributed by atoms with van der Waals surface area (Å²) in [6, 6.07) is 14.7. The van der Waals surface area contributed by atoms with Crippen molar-refractivity contribution in [3.8, 4) is 11.5 Å². The second-order valence-corrected chi connectivity index (χ2v) is 6.38. The number of carbonyl (C=O) groups excluding carboxylic acids is 1. The van der Waals surface area contributed by atoms with Crippen molar-refractivity contribution >= 4 is 11.9 Å². The van der Waals surface area contributed by atoms with Gasteiger partial charge in [-0.15, -0.1) is 0 Å². The molecule has 2 aromatic rings. The monoisotopic (exact) mass is 401 g/mol. The molecule has 1 unspecified atom stereocenters. The number of aliphatic carboxylic acids is 1. The van der Waals surface area contributed by atoms with Crippen molar-refractivity contribution in [1.29, 1.82) is 0 Å². The van der Waals surface area contributed by atoms with E-state index in [1.807, 2.05) is 31.2 Å². The summed E-state index contributed by atoms with van der Waals surface area (Å²) in [6.45, 7) is 3.01. The normalized spacial score (nSPS) is 11.5. The predicted octanol–water partition coefficient (Wildman–Crippen LogP) is 2.47. The molecule has 0 radical (unpaired) electrons. The number of carbonyl (C=O) groups is 2. The van der Waals surface area contributed by atoms with E-state index < -0.39 is 12.1 Å². The first-order chi connectivity index (χ1) is 14.0. The van der Waals surface area contributed by atoms with Crippen LogP contribution in [0.4, 0.5) is 0 Å². The highest BCUT2D eigenvalue weighted by molar-refractivity contribution is 5.77. The Morgan fingerprint density at radius 1 is 0.966 bits per heavy atom. The first-order valence-corrected chi connectivity index (χ1v) is 9.47. The SMILES string of the molecule is CCOc1ccc(CCNC(=O)COc2ccc(CC(OC)C(=O)O)cc2)cc1. The van der Waals surface area contributed by atoms with Crippen LogP contribution in [0.2, 0.25) is 0 Å². The third-order valence-electron chi connectivity index (χ3n) is 4.24. The number of amides is 1. The van der Waals surface area contributed by atoms with E-state index in [1.54, 1.807) is 24.3 Å². The lowest BCUT2D eigenvalue weighted by Gasteiger charge is -2.11. The Balaban J connectivity index is 1.70. The number of ether oxygens (including phenoxy) is 3. The fraction of sp³-hybridized carbons (Fsp3) is 0.364. The number of carboxylic acid groups (broad SMARTS) is 1. The molecule has 1 amide bonds. The average Bonchev–Trinajstić information content (AvgIpc) is 2.72. The first-order valence-electron chi connectivity index (χ1n) is 9.47. The third kappa shape index (κ3) is 7.83. The molecule has 2 aromatic carbocycles. The second kappa shape index (κ2) is 11.7. The highest BCUT2D eigenvalue weighted by atomic mass is 16.5. The molecule has 0 aromatic heterocycles. The molecule has 1 atom stereocenters. The fourth-order valence-electron chi connectivity index (χ4n) is 2.67. The molecule has 0 aliphatic rings. The number of carboxylic acids is 1. The van der Waals surface area contributed by atoms with Crippen molar-refractivity contribution < 1.29 is 28.9 Å². The Morgan fingerprint density at radius 2 is 1.55 bits per heavy atom. The molecule has 0 heterocycles. The van der Waals surface area contributed by atoms with Gasteiger partial charge in [0.25, 0.3) is 5.91 Å². The topological polar surface area (TPSA) is 94.1 Å². The molecule has 2 rings (SSSR count). The lowest BCUT2D eigenvalue weighted by molar-refractivity contribution is -0.148. The zero-order valence-corrected chi connectivity index (χ0v) is 16.7. The Kier molecular flexibility index (Phi) is 8.98. The van der Waals surface area contributed by atoms with Crippen LogP contribution in [0.5, 0.6) is 11.5 Å². The molecular weight excluding hydrogens is 374 g/mol. The molecule has 0 fully saturated rings. The van der Waals surface area contributed by atoms with Gasteiger partial charge in [-0.2, -0.15) is 0 Å². The van der Waals surface area contributed by atoms with Gasteiger partial charge in [0.1, 0.15) is 11.5 Å². The van der Waals surface area contributed by atoms with Crippen molar-refractivity contribution in [1.82, 2.24) is 5.32 Å². The number of nitrogens with one attached hydrogen (secondary N) is 1. The Bertz CT molecular complexity index is 773. The minimum absolute atomic E-state index is 0.0849. The number of benzene rings is 2. The number of hydrogen-bond acceptors (Lipinski definition) is 5. The van der Waals surface area contributed by atoms with E-state index in [4.69, 9.17) is 19.3 Å². The predicted molar refractivity (Wildman–Crippen MR) is 108 cm³/mol. The van der Waals surface area contributed by atoms with Gasteiger partial charge in [-0.05, 0) is 48.7 Å². The lowest BCUT2D eigenvalue weighted by Crippen LogP contribution is -2.30. The van der Waals surface area contributed by atoms with E-state index in [-0.39, 0.29) is 18.9 Å². The highest BCUT2D eigenvalue weighted by Gasteiger charge is 2.16. The van der Waals surface area contributed by atoms with Gasteiger partial charge >= 0.3 is 5.97 Å². The zero-order valence-electron chi connectivity index (χ0n) is 16.7. The van der Waals surface area contributed by atoms with E-state index in [2.05, 4.69) is 5.32 Å². The van der Waals surface area contributed by atoms with Crippen molar-refractivity contribution in [3.63, 3.8) is 0 Å². The van der Waals surface area contributed by atoms with E-state index in [1.165, 1.54) is 7.11 Å². The van der Waals surface area contributed by atoms with Crippen LogP contribution < -0.4 is 14.8 Å². The van der Waals surface area contributed by atoms with Crippen molar-refractivity contribution in [2.24, 2.45) is 0 Å². The fourth-order valence-corrected chi connectivity index (χ4v) is 2.67. The molecule has 0 aliphatic carbocycles. The molecule has 2 N–H and O–H groups in total. The van der Waals surface area contributed by atoms with E-state index in [0.29, 0.717) is 18.9 Å². The van der Waals surface area contributed by atoms with Crippen LogP contribution in [0.15, 0.2) is 48.5 Å². The summed E-state index contributed by atoms with van der Waals surface area (Å²) in [6.07, 6.45) is 0.0952. The highest BCUT2D eigenvalue weighted by Crippen LogP contribution is 2.14. The van der Waals surface area contributed by atoms with Crippen LogP contribution in [0.1, 0.15) is 18.1 Å². The summed E-state index contributed by atoms with van der Waals surface area (Å²) in [5, 5.41) is 11.8. The summed E-state index contributed by atoms with van der Waals surface area (Å²) in [4.78, 5) is 22.9. The minimum Gasteiger partial charge on any atom is -0.494 e. The largest absolute Gasteiger partial charge is 0.494 e. The summed E-state index contributed by atoms with van der Waals surface area (Å²) >= 11 is 0. The summed E-state index contributed by atoms with van der Waals surface area (Å²) < 4.78 is 15.8. The van der Waals surface area contributed by atoms with Gasteiger partial charge in [-0.1, -0.05) is 24.3 Å². The summed E-state index contributed by atoms with van der Waals surface area (Å²) in [5.41, 5.74) is 1.92. The van der Waals surface area contributed by atoms with Gasteiger partial charge in [0.2, 0.25) is 0 Å². The molecule has 0 saturated heterocycles. The van der Waals surface area contributed by atoms with Crippen LogP contribution in [-0.4, -0.2) is 50.0 Å². The Hall–Kier alpha value is -3.06. The number of hydrogen-bond donors (Lipinski definition) is 2. The lowest BCUT2D eigenvalue weighted by atomic mass is 10.1. The van der Waals surface area contributed by atoms with Gasteiger partial charge in [0.15, 0.2) is 12.7 Å². The molecule has 0 aliphatic heterocycles. The molecule has 0 bridgehead atoms. The molecule has 7 nitrogen and oxygen atoms in total. The van der Waals surface area contributed by atoms with Crippen LogP contribution >= 0.6 is 0 Å². The van der Waals surface area contributed by atoms with E-state index in [0.717, 1.165) is 23.3 Å². The minimum atomic E-state index is -1.00. The van der Waals surface area contributed by atoms with Gasteiger partial charge < -0.3 is 24.6 Å². The first kappa shape index (κ1) is 22.2. The van der Waals surface area contributed by atoms with Crippen molar-refractivity contribution in [2.75, 3.05) is 26.9 Å². The molecule has 7 heteroatoms. The van der Waals surface area contributed by atoms with Crippen LogP contribution in [0.3, 0.4) is 0 Å². The smallest absolute Gasteiger partial charge is 0.333 e. The number of methoxy groups -OCH3 is 1. The van der Waals surface area contributed by atoms with Gasteiger partial charge in [-0.25, -0.2) is 4.79 Å². The number of rotatable bonds is 12. The van der Waals surface area contributed by atoms with Crippen LogP contribution in [-0.2, 0) is 27.2 Å². The summed E-state index contributed by atoms with van der Waals surface area (Å²) in [5.74, 6) is 0.167. The molecule has 0 spiro atoms. The maximum absolute atomic E-state index is 11.9. The Morgan fingerprint density at radius 3 is 2.10 bits per heavy atom. The maximum atomic E-state index is 11.9. The van der Waals surface area contributed by atoms with Crippen molar-refractivity contribution in [2.45, 2.75) is 25.9 Å². The second-order valence-electron chi connectivity index (χ2n) is 6.38. The van der Waals surface area contributed by atoms with Gasteiger partial charge in [0, 0.05) is 20.1 Å². The van der Waals surface area contributed by atoms with Crippen LogP contribution in [0.25, 0.3) is 0 Å². The summed E-state index contributed by atoms with van der Waals surface area (Å²) in [7, 11) is 1.37. The average molecular weight is 401 g/mol. The standard InChI is InChI=1S/C22H27NO6/c1-3-28-18-8-4-16(5-9-18)12-13-23-21(24)15-29-19-10-6-17(7-11-19)14-20(27-2)22(25)26/h4-11,20H,3,12-15H2,1-2H3,(H,23,24)(H,25,26). The third-order valence-corrected chi connectivity index (χ3v) is 4.24. The quantitative estimate of drug-likeness (QED) is 0.567. The molecule has 156 valence electrons. The van der Waals surface area contributed by atoms with Crippen molar-refractivity contribution in [3.05, 3.63) is 59.7 Å². The zero-order chi connectivity index (χ0) is 21.1. The van der Waals surface area contributed by atoms with E-state index in [9.17, 15) is 9.59 Å². The van der Waals surface area contributed by atoms with Gasteiger partial charge in [0.05, 0.1) is 6.61 Å².